The van der Waals surface area contributed by atoms with Crippen LogP contribution in [0, 0.1) is 0 Å². The highest BCUT2D eigenvalue weighted by molar-refractivity contribution is 7.89. The molecule has 0 aliphatic carbocycles. The Kier molecular flexibility index (Phi) is 5.37. The molecule has 0 bridgehead atoms. The highest BCUT2D eigenvalue weighted by atomic mass is 32.2. The van der Waals surface area contributed by atoms with E-state index in [1.54, 1.807) is 7.05 Å². The molecule has 0 aliphatic heterocycles. The maximum Gasteiger partial charge on any atom is 0.402 e. The molecule has 5 nitrogen and oxygen atoms in total. The van der Waals surface area contributed by atoms with E-state index in [0.717, 1.165) is 5.56 Å². The van der Waals surface area contributed by atoms with Gasteiger partial charge < -0.3 is 10.1 Å². The summed E-state index contributed by atoms with van der Waals surface area (Å²) in [6, 6.07) is 4.17. The van der Waals surface area contributed by atoms with Crippen molar-refractivity contribution in [1.82, 2.24) is 10.0 Å². The number of methoxy groups -OCH3 is 1. The molecule has 0 aliphatic rings. The first kappa shape index (κ1) is 16.7. The summed E-state index contributed by atoms with van der Waals surface area (Å²) < 4.78 is 66.3. The predicted octanol–water partition coefficient (Wildman–Crippen LogP) is 1.26. The largest absolute Gasteiger partial charge is 0.495 e. The van der Waals surface area contributed by atoms with Gasteiger partial charge in [-0.1, -0.05) is 6.07 Å². The predicted molar refractivity (Wildman–Crippen MR) is 67.0 cm³/mol. The lowest BCUT2D eigenvalue weighted by Gasteiger charge is -2.13. The van der Waals surface area contributed by atoms with Gasteiger partial charge in [0.25, 0.3) is 0 Å². The van der Waals surface area contributed by atoms with E-state index in [4.69, 9.17) is 4.74 Å². The normalized spacial score (nSPS) is 12.4. The van der Waals surface area contributed by atoms with Crippen molar-refractivity contribution < 1.29 is 26.3 Å². The number of halogens is 3. The number of alkyl halides is 3. The van der Waals surface area contributed by atoms with Gasteiger partial charge in [-0.3, -0.25) is 0 Å². The summed E-state index contributed by atoms with van der Waals surface area (Å²) in [5.74, 6) is -0.00701. The summed E-state index contributed by atoms with van der Waals surface area (Å²) in [6.45, 7) is -1.15. The van der Waals surface area contributed by atoms with Crippen LogP contribution in [0.4, 0.5) is 13.2 Å². The molecular formula is C11H15F3N2O3S. The van der Waals surface area contributed by atoms with Crippen molar-refractivity contribution in [3.63, 3.8) is 0 Å². The quantitative estimate of drug-likeness (QED) is 0.830. The van der Waals surface area contributed by atoms with Gasteiger partial charge in [0.2, 0.25) is 10.0 Å². The highest BCUT2D eigenvalue weighted by Gasteiger charge is 2.31. The molecule has 114 valence electrons. The first-order valence-corrected chi connectivity index (χ1v) is 7.06. The molecule has 1 rings (SSSR count). The zero-order valence-corrected chi connectivity index (χ0v) is 11.7. The van der Waals surface area contributed by atoms with E-state index in [-0.39, 0.29) is 10.6 Å². The Balaban J connectivity index is 3.05. The molecule has 0 unspecified atom stereocenters. The zero-order valence-electron chi connectivity index (χ0n) is 10.9. The fraction of sp³-hybridized carbons (Fsp3) is 0.455. The minimum Gasteiger partial charge on any atom is -0.495 e. The van der Waals surface area contributed by atoms with Crippen molar-refractivity contribution in [2.24, 2.45) is 0 Å². The van der Waals surface area contributed by atoms with E-state index in [1.807, 2.05) is 0 Å². The SMILES string of the molecule is CNCc1ccc(S(=O)(=O)NCC(F)(F)F)c(OC)c1. The van der Waals surface area contributed by atoms with Crippen LogP contribution < -0.4 is 14.8 Å². The number of sulfonamides is 1. The average molecular weight is 312 g/mol. The summed E-state index contributed by atoms with van der Waals surface area (Å²) in [6.07, 6.45) is -4.62. The summed E-state index contributed by atoms with van der Waals surface area (Å²) in [4.78, 5) is -0.330. The summed E-state index contributed by atoms with van der Waals surface area (Å²) in [5.41, 5.74) is 0.749. The number of hydrogen-bond acceptors (Lipinski definition) is 4. The molecule has 0 heterocycles. The fourth-order valence-electron chi connectivity index (χ4n) is 1.50. The third-order valence-corrected chi connectivity index (χ3v) is 3.80. The van der Waals surface area contributed by atoms with E-state index in [9.17, 15) is 21.6 Å². The van der Waals surface area contributed by atoms with Crippen molar-refractivity contribution in [3.8, 4) is 5.75 Å². The molecule has 0 saturated carbocycles. The Labute approximate surface area is 115 Å². The lowest BCUT2D eigenvalue weighted by Crippen LogP contribution is -2.33. The van der Waals surface area contributed by atoms with Crippen molar-refractivity contribution in [2.75, 3.05) is 20.7 Å². The molecule has 1 aromatic carbocycles. The monoisotopic (exact) mass is 312 g/mol. The molecule has 0 radical (unpaired) electrons. The Hall–Kier alpha value is -1.32. The summed E-state index contributed by atoms with van der Waals surface area (Å²) >= 11 is 0. The first-order valence-electron chi connectivity index (χ1n) is 5.57. The van der Waals surface area contributed by atoms with Crippen molar-refractivity contribution in [2.45, 2.75) is 17.6 Å². The Morgan fingerprint density at radius 2 is 1.95 bits per heavy atom. The van der Waals surface area contributed by atoms with Crippen LogP contribution >= 0.6 is 0 Å². The zero-order chi connectivity index (χ0) is 15.4. The first-order chi connectivity index (χ1) is 9.19. The Morgan fingerprint density at radius 1 is 1.30 bits per heavy atom. The van der Waals surface area contributed by atoms with Crippen LogP contribution in [0.2, 0.25) is 0 Å². The second-order valence-electron chi connectivity index (χ2n) is 3.96. The third kappa shape index (κ3) is 4.66. The van der Waals surface area contributed by atoms with Crippen LogP contribution in [0.5, 0.6) is 5.75 Å². The van der Waals surface area contributed by atoms with Crippen LogP contribution in [0.25, 0.3) is 0 Å². The van der Waals surface area contributed by atoms with Crippen molar-refractivity contribution >= 4 is 10.0 Å². The summed E-state index contributed by atoms with van der Waals surface area (Å²) in [5, 5.41) is 2.87. The second-order valence-corrected chi connectivity index (χ2v) is 5.69. The fourth-order valence-corrected chi connectivity index (χ4v) is 2.67. The van der Waals surface area contributed by atoms with Crippen LogP contribution in [-0.4, -0.2) is 35.3 Å². The van der Waals surface area contributed by atoms with Gasteiger partial charge in [0.05, 0.1) is 7.11 Å². The van der Waals surface area contributed by atoms with Crippen molar-refractivity contribution in [1.29, 1.82) is 0 Å². The minimum absolute atomic E-state index is 0.00701. The lowest BCUT2D eigenvalue weighted by molar-refractivity contribution is -0.121. The van der Waals surface area contributed by atoms with Gasteiger partial charge in [-0.05, 0) is 24.7 Å². The van der Waals surface area contributed by atoms with Crippen LogP contribution in [-0.2, 0) is 16.6 Å². The molecule has 20 heavy (non-hydrogen) atoms. The Morgan fingerprint density at radius 3 is 2.45 bits per heavy atom. The maximum atomic E-state index is 12.1. The van der Waals surface area contributed by atoms with Gasteiger partial charge in [0.15, 0.2) is 0 Å². The van der Waals surface area contributed by atoms with Crippen LogP contribution in [0.3, 0.4) is 0 Å². The highest BCUT2D eigenvalue weighted by Crippen LogP contribution is 2.25. The smallest absolute Gasteiger partial charge is 0.402 e. The molecule has 0 aromatic heterocycles. The van der Waals surface area contributed by atoms with E-state index in [2.05, 4.69) is 5.32 Å². The van der Waals surface area contributed by atoms with Gasteiger partial charge >= 0.3 is 6.18 Å². The van der Waals surface area contributed by atoms with Gasteiger partial charge in [0, 0.05) is 6.54 Å². The standard InChI is InChI=1S/C11H15F3N2O3S/c1-15-6-8-3-4-10(9(5-8)19-2)20(17,18)16-7-11(12,13)14/h3-5,15-16H,6-7H2,1-2H3. The summed E-state index contributed by atoms with van der Waals surface area (Å²) in [7, 11) is -1.32. The van der Waals surface area contributed by atoms with E-state index in [0.29, 0.717) is 6.54 Å². The maximum absolute atomic E-state index is 12.1. The number of hydrogen-bond donors (Lipinski definition) is 2. The van der Waals surface area contributed by atoms with Gasteiger partial charge in [-0.2, -0.15) is 13.2 Å². The molecular weight excluding hydrogens is 297 g/mol. The molecule has 0 amide bonds. The second kappa shape index (κ2) is 6.42. The Bertz CT molecular complexity index is 559. The topological polar surface area (TPSA) is 67.4 Å². The molecule has 0 atom stereocenters. The molecule has 1 aromatic rings. The molecule has 2 N–H and O–H groups in total. The van der Waals surface area contributed by atoms with E-state index < -0.39 is 22.7 Å². The third-order valence-electron chi connectivity index (χ3n) is 2.36. The van der Waals surface area contributed by atoms with Crippen molar-refractivity contribution in [3.05, 3.63) is 23.8 Å². The van der Waals surface area contributed by atoms with E-state index >= 15 is 0 Å². The van der Waals surface area contributed by atoms with Gasteiger partial charge in [-0.25, -0.2) is 13.1 Å². The molecule has 9 heteroatoms. The molecule has 0 saturated heterocycles. The number of ether oxygens (including phenoxy) is 1. The average Bonchev–Trinajstić information content (AvgIpc) is 2.36. The number of nitrogens with one attached hydrogen (secondary N) is 2. The molecule has 0 fully saturated rings. The minimum atomic E-state index is -4.62. The number of benzene rings is 1. The lowest BCUT2D eigenvalue weighted by atomic mass is 10.2. The van der Waals surface area contributed by atoms with Gasteiger partial charge in [-0.15, -0.1) is 0 Å². The molecule has 0 spiro atoms. The van der Waals surface area contributed by atoms with Crippen LogP contribution in [0.15, 0.2) is 23.1 Å². The van der Waals surface area contributed by atoms with E-state index in [1.165, 1.54) is 30.0 Å². The van der Waals surface area contributed by atoms with Gasteiger partial charge in [0.1, 0.15) is 17.2 Å². The van der Waals surface area contributed by atoms with Crippen LogP contribution in [0.1, 0.15) is 5.56 Å². The number of rotatable bonds is 6.